The fraction of sp³-hybridized carbons (Fsp3) is 0.875. The van der Waals surface area contributed by atoms with Crippen LogP contribution in [0.25, 0.3) is 0 Å². The molecule has 1 aliphatic rings. The maximum atomic E-state index is 10.8. The molecule has 1 amide bonds. The molecule has 1 atom stereocenters. The molecule has 1 aliphatic heterocycles. The lowest BCUT2D eigenvalue weighted by molar-refractivity contribution is -0.119. The highest BCUT2D eigenvalue weighted by Gasteiger charge is 2.17. The number of carbonyl (C=O) groups is 1. The largest absolute Gasteiger partial charge is 0.374 e. The minimum absolute atomic E-state index is 0.0164. The predicted molar refractivity (Wildman–Crippen MR) is 51.0 cm³/mol. The number of amides is 1. The summed E-state index contributed by atoms with van der Waals surface area (Å²) in [5.41, 5.74) is 0. The summed E-state index contributed by atoms with van der Waals surface area (Å²) in [5, 5.41) is 2.70. The Hall–Kier alpha value is -0.320. The summed E-state index contributed by atoms with van der Waals surface area (Å²) >= 11 is 5.34. The van der Waals surface area contributed by atoms with Crippen LogP contribution < -0.4 is 5.32 Å². The first kappa shape index (κ1) is 10.8. The van der Waals surface area contributed by atoms with Crippen LogP contribution in [0.1, 0.15) is 0 Å². The van der Waals surface area contributed by atoms with Crippen LogP contribution in [0, 0.1) is 0 Å². The molecule has 1 heterocycles. The second-order valence-electron chi connectivity index (χ2n) is 3.19. The van der Waals surface area contributed by atoms with E-state index in [0.717, 1.165) is 19.7 Å². The van der Waals surface area contributed by atoms with Crippen molar-refractivity contribution >= 4 is 17.5 Å². The zero-order valence-electron chi connectivity index (χ0n) is 7.75. The number of hydrogen-bond acceptors (Lipinski definition) is 3. The Balaban J connectivity index is 2.17. The molecule has 5 heteroatoms. The SMILES string of the molecule is CN1CCOC(CNC(=O)CCl)C1. The number of carbonyl (C=O) groups excluding carboxylic acids is 1. The van der Waals surface area contributed by atoms with Gasteiger partial charge in [-0.15, -0.1) is 11.6 Å². The molecule has 0 aliphatic carbocycles. The topological polar surface area (TPSA) is 41.6 Å². The normalized spacial score (nSPS) is 24.3. The van der Waals surface area contributed by atoms with E-state index in [1.807, 2.05) is 7.05 Å². The first-order valence-corrected chi connectivity index (χ1v) is 4.88. The first-order chi connectivity index (χ1) is 6.22. The van der Waals surface area contributed by atoms with E-state index in [9.17, 15) is 4.79 Å². The van der Waals surface area contributed by atoms with Crippen molar-refractivity contribution in [3.05, 3.63) is 0 Å². The van der Waals surface area contributed by atoms with E-state index in [-0.39, 0.29) is 17.9 Å². The van der Waals surface area contributed by atoms with Crippen molar-refractivity contribution in [2.24, 2.45) is 0 Å². The van der Waals surface area contributed by atoms with Gasteiger partial charge in [0.2, 0.25) is 5.91 Å². The van der Waals surface area contributed by atoms with Crippen LogP contribution in [0.3, 0.4) is 0 Å². The van der Waals surface area contributed by atoms with Crippen molar-refractivity contribution < 1.29 is 9.53 Å². The van der Waals surface area contributed by atoms with Gasteiger partial charge in [-0.1, -0.05) is 0 Å². The second kappa shape index (κ2) is 5.42. The van der Waals surface area contributed by atoms with E-state index >= 15 is 0 Å². The van der Waals surface area contributed by atoms with Crippen LogP contribution in [-0.4, -0.2) is 56.1 Å². The summed E-state index contributed by atoms with van der Waals surface area (Å²) in [5.74, 6) is -0.124. The average molecular weight is 207 g/mol. The molecule has 1 fully saturated rings. The molecular weight excluding hydrogens is 192 g/mol. The summed E-state index contributed by atoms with van der Waals surface area (Å²) in [6, 6.07) is 0. The van der Waals surface area contributed by atoms with Crippen LogP contribution >= 0.6 is 11.6 Å². The van der Waals surface area contributed by atoms with Gasteiger partial charge in [-0.05, 0) is 7.05 Å². The smallest absolute Gasteiger partial charge is 0.235 e. The minimum Gasteiger partial charge on any atom is -0.374 e. The van der Waals surface area contributed by atoms with Crippen LogP contribution in [0.15, 0.2) is 0 Å². The molecule has 0 spiro atoms. The molecule has 76 valence electrons. The molecule has 4 nitrogen and oxygen atoms in total. The number of hydrogen-bond donors (Lipinski definition) is 1. The molecule has 0 aromatic heterocycles. The van der Waals surface area contributed by atoms with E-state index in [1.54, 1.807) is 0 Å². The monoisotopic (exact) mass is 206 g/mol. The number of nitrogens with one attached hydrogen (secondary N) is 1. The summed E-state index contributed by atoms with van der Waals surface area (Å²) in [7, 11) is 2.04. The summed E-state index contributed by atoms with van der Waals surface area (Å²) in [4.78, 5) is 13.0. The van der Waals surface area contributed by atoms with E-state index in [4.69, 9.17) is 16.3 Å². The molecule has 0 radical (unpaired) electrons. The van der Waals surface area contributed by atoms with E-state index < -0.39 is 0 Å². The summed E-state index contributed by atoms with van der Waals surface area (Å²) < 4.78 is 5.44. The Bertz CT molecular complexity index is 178. The highest BCUT2D eigenvalue weighted by Crippen LogP contribution is 2.01. The van der Waals surface area contributed by atoms with Crippen molar-refractivity contribution in [2.45, 2.75) is 6.10 Å². The minimum atomic E-state index is -0.140. The Morgan fingerprint density at radius 2 is 2.54 bits per heavy atom. The van der Waals surface area contributed by atoms with Gasteiger partial charge in [0.15, 0.2) is 0 Å². The fourth-order valence-electron chi connectivity index (χ4n) is 1.27. The first-order valence-electron chi connectivity index (χ1n) is 4.35. The lowest BCUT2D eigenvalue weighted by Gasteiger charge is -2.29. The fourth-order valence-corrected chi connectivity index (χ4v) is 1.36. The van der Waals surface area contributed by atoms with Crippen molar-refractivity contribution in [2.75, 3.05) is 39.2 Å². The van der Waals surface area contributed by atoms with Crippen molar-refractivity contribution in [1.82, 2.24) is 10.2 Å². The predicted octanol–water partition coefficient (Wildman–Crippen LogP) is -0.328. The quantitative estimate of drug-likeness (QED) is 0.644. The molecule has 13 heavy (non-hydrogen) atoms. The van der Waals surface area contributed by atoms with E-state index in [0.29, 0.717) is 6.54 Å². The van der Waals surface area contributed by atoms with E-state index in [2.05, 4.69) is 10.2 Å². The number of likely N-dealkylation sites (N-methyl/N-ethyl adjacent to an activating group) is 1. The molecule has 0 aromatic carbocycles. The number of halogens is 1. The van der Waals surface area contributed by atoms with Crippen molar-refractivity contribution in [3.8, 4) is 0 Å². The standard InChI is InChI=1S/C8H15ClN2O2/c1-11-2-3-13-7(6-11)5-10-8(12)4-9/h7H,2-6H2,1H3,(H,10,12). The molecule has 0 saturated carbocycles. The lowest BCUT2D eigenvalue weighted by atomic mass is 10.3. The number of rotatable bonds is 3. The molecule has 0 bridgehead atoms. The summed E-state index contributed by atoms with van der Waals surface area (Å²) in [6.07, 6.45) is 0.103. The highest BCUT2D eigenvalue weighted by molar-refractivity contribution is 6.27. The Morgan fingerprint density at radius 3 is 3.15 bits per heavy atom. The third kappa shape index (κ3) is 3.93. The zero-order chi connectivity index (χ0) is 9.68. The van der Waals surface area contributed by atoms with Crippen LogP contribution in [0.5, 0.6) is 0 Å². The van der Waals surface area contributed by atoms with Gasteiger partial charge < -0.3 is 15.0 Å². The number of morpholine rings is 1. The van der Waals surface area contributed by atoms with Gasteiger partial charge in [-0.2, -0.15) is 0 Å². The number of alkyl halides is 1. The number of nitrogens with zero attached hydrogens (tertiary/aromatic N) is 1. The second-order valence-corrected chi connectivity index (χ2v) is 3.46. The Labute approximate surface area is 83.2 Å². The number of ether oxygens (including phenoxy) is 1. The van der Waals surface area contributed by atoms with Gasteiger partial charge in [0.05, 0.1) is 12.7 Å². The van der Waals surface area contributed by atoms with Crippen molar-refractivity contribution in [3.63, 3.8) is 0 Å². The maximum Gasteiger partial charge on any atom is 0.235 e. The zero-order valence-corrected chi connectivity index (χ0v) is 8.51. The third-order valence-electron chi connectivity index (χ3n) is 1.99. The maximum absolute atomic E-state index is 10.8. The van der Waals surface area contributed by atoms with E-state index in [1.165, 1.54) is 0 Å². The van der Waals surface area contributed by atoms with Crippen LogP contribution in [-0.2, 0) is 9.53 Å². The van der Waals surface area contributed by atoms with Gasteiger partial charge in [-0.3, -0.25) is 4.79 Å². The Morgan fingerprint density at radius 1 is 1.77 bits per heavy atom. The molecule has 0 aromatic rings. The van der Waals surface area contributed by atoms with Gasteiger partial charge in [0, 0.05) is 19.6 Å². The summed E-state index contributed by atoms with van der Waals surface area (Å²) in [6.45, 7) is 3.11. The van der Waals surface area contributed by atoms with Gasteiger partial charge in [0.25, 0.3) is 0 Å². The van der Waals surface area contributed by atoms with Gasteiger partial charge in [0.1, 0.15) is 5.88 Å². The van der Waals surface area contributed by atoms with Crippen molar-refractivity contribution in [1.29, 1.82) is 0 Å². The highest BCUT2D eigenvalue weighted by atomic mass is 35.5. The molecule has 1 unspecified atom stereocenters. The Kier molecular flexibility index (Phi) is 4.48. The third-order valence-corrected chi connectivity index (χ3v) is 2.23. The van der Waals surface area contributed by atoms with Gasteiger partial charge >= 0.3 is 0 Å². The van der Waals surface area contributed by atoms with Gasteiger partial charge in [-0.25, -0.2) is 0 Å². The lowest BCUT2D eigenvalue weighted by Crippen LogP contribution is -2.46. The molecular formula is C8H15ClN2O2. The molecule has 1 rings (SSSR count). The van der Waals surface area contributed by atoms with Crippen LogP contribution in [0.2, 0.25) is 0 Å². The average Bonchev–Trinajstić information content (AvgIpc) is 2.14. The molecule has 1 N–H and O–H groups in total. The molecule has 1 saturated heterocycles. The van der Waals surface area contributed by atoms with Crippen LogP contribution in [0.4, 0.5) is 0 Å².